The maximum atomic E-state index is 14.0. The average molecular weight is 1090 g/mol. The van der Waals surface area contributed by atoms with Crippen LogP contribution < -0.4 is 11.5 Å². The van der Waals surface area contributed by atoms with Crippen molar-refractivity contribution in [3.63, 3.8) is 0 Å². The molecule has 0 aliphatic heterocycles. The number of benzene rings is 6. The zero-order valence-electron chi connectivity index (χ0n) is 37.0. The standard InChI is InChI=1S/C15H11BrFNO2S.C15H11BrFNOS.2C10H11FN2.H2O/c1-10-7-11-8-13(16)14(17)9-15(11)18(10)21(19,20)12-5-3-2-4-6-12;1-10-14(17)13(16)9-11-7-8-18(15(10)11)20(19)12-5-3-2-4-6-12;1-6-2-7-3-8(5-12)9(11)4-10(7)13-6;1-6-9(11)8(5-12)4-7-2-3-13-10(6)7;/h2-9H,1H3;2-9H,1H3;2*2-4,13H,5,12H2,1H3;1H2. The number of fused-ring (bicyclic) bond motifs is 4. The number of nitrogens with one attached hydrogen (secondary N) is 2. The molecule has 68 heavy (non-hydrogen) atoms. The van der Waals surface area contributed by atoms with Crippen LogP contribution >= 0.6 is 31.9 Å². The molecule has 4 heterocycles. The van der Waals surface area contributed by atoms with Crippen LogP contribution in [0.3, 0.4) is 0 Å². The van der Waals surface area contributed by atoms with Gasteiger partial charge in [-0.1, -0.05) is 36.4 Å². The van der Waals surface area contributed by atoms with Crippen LogP contribution in [0.4, 0.5) is 17.6 Å². The Bertz CT molecular complexity index is 3560. The van der Waals surface area contributed by atoms with Gasteiger partial charge in [-0.25, -0.2) is 34.2 Å². The second kappa shape index (κ2) is 21.6. The zero-order valence-corrected chi connectivity index (χ0v) is 41.8. The van der Waals surface area contributed by atoms with Gasteiger partial charge >= 0.3 is 0 Å². The van der Waals surface area contributed by atoms with E-state index in [-0.39, 0.29) is 40.9 Å². The van der Waals surface area contributed by atoms with Gasteiger partial charge in [0.1, 0.15) is 23.3 Å². The molecule has 10 rings (SSSR count). The molecule has 0 aliphatic rings. The Kier molecular flexibility index (Phi) is 16.4. The Balaban J connectivity index is 0.000000152. The summed E-state index contributed by atoms with van der Waals surface area (Å²) in [5.74, 6) is -1.25. The number of aromatic nitrogens is 4. The summed E-state index contributed by atoms with van der Waals surface area (Å²) < 4.78 is 96.2. The lowest BCUT2D eigenvalue weighted by molar-refractivity contribution is 0.587. The third-order valence-corrected chi connectivity index (χ3v) is 15.3. The predicted molar refractivity (Wildman–Crippen MR) is 271 cm³/mol. The molecule has 6 aromatic carbocycles. The van der Waals surface area contributed by atoms with Crippen molar-refractivity contribution in [2.24, 2.45) is 11.5 Å². The van der Waals surface area contributed by atoms with E-state index in [1.54, 1.807) is 97.8 Å². The molecule has 10 nitrogen and oxygen atoms in total. The van der Waals surface area contributed by atoms with Crippen LogP contribution in [0.15, 0.2) is 152 Å². The Labute approximate surface area is 409 Å². The normalized spacial score (nSPS) is 11.6. The molecular weight excluding hydrogens is 1050 g/mol. The van der Waals surface area contributed by atoms with Crippen LogP contribution in [0, 0.1) is 51.0 Å². The molecule has 10 aromatic rings. The van der Waals surface area contributed by atoms with Gasteiger partial charge in [0.15, 0.2) is 11.0 Å². The zero-order chi connectivity index (χ0) is 48.3. The van der Waals surface area contributed by atoms with Crippen LogP contribution in [-0.4, -0.2) is 36.0 Å². The second-order valence-corrected chi connectivity index (χ2v) is 20.3. The van der Waals surface area contributed by atoms with Gasteiger partial charge in [-0.15, -0.1) is 0 Å². The molecular formula is C50H46Br2F4N6O4S2. The van der Waals surface area contributed by atoms with Crippen molar-refractivity contribution in [1.82, 2.24) is 17.9 Å². The number of hydrogen-bond donors (Lipinski definition) is 4. The van der Waals surface area contributed by atoms with E-state index in [0.717, 1.165) is 32.9 Å². The fourth-order valence-corrected chi connectivity index (χ4v) is 11.3. The van der Waals surface area contributed by atoms with Gasteiger partial charge < -0.3 is 26.9 Å². The number of H-pyrrole nitrogens is 2. The van der Waals surface area contributed by atoms with E-state index in [1.165, 1.54) is 28.2 Å². The van der Waals surface area contributed by atoms with Crippen LogP contribution in [-0.2, 0) is 34.1 Å². The van der Waals surface area contributed by atoms with Gasteiger partial charge in [0, 0.05) is 92.3 Å². The minimum atomic E-state index is -3.75. The maximum Gasteiger partial charge on any atom is 0.268 e. The Hall–Kier alpha value is -5.86. The van der Waals surface area contributed by atoms with E-state index >= 15 is 0 Å². The van der Waals surface area contributed by atoms with Crippen molar-refractivity contribution in [3.05, 3.63) is 200 Å². The van der Waals surface area contributed by atoms with Crippen molar-refractivity contribution in [3.8, 4) is 0 Å². The molecule has 0 amide bonds. The molecule has 0 bridgehead atoms. The van der Waals surface area contributed by atoms with E-state index in [9.17, 15) is 30.2 Å². The topological polar surface area (TPSA) is 176 Å². The molecule has 0 saturated heterocycles. The van der Waals surface area contributed by atoms with E-state index < -0.39 is 26.8 Å². The molecule has 0 saturated carbocycles. The second-order valence-electron chi connectivity index (χ2n) is 15.4. The van der Waals surface area contributed by atoms with E-state index in [4.69, 9.17) is 11.5 Å². The molecule has 0 radical (unpaired) electrons. The van der Waals surface area contributed by atoms with Gasteiger partial charge in [0.05, 0.1) is 35.3 Å². The van der Waals surface area contributed by atoms with Crippen LogP contribution in [0.1, 0.15) is 33.6 Å². The highest BCUT2D eigenvalue weighted by Gasteiger charge is 2.22. The fourth-order valence-electron chi connectivity index (χ4n) is 7.61. The fraction of sp³-hybridized carbons (Fsp3) is 0.120. The highest BCUT2D eigenvalue weighted by molar-refractivity contribution is 9.10. The number of nitrogens with zero attached hydrogens (tertiary/aromatic N) is 2. The monoisotopic (exact) mass is 1090 g/mol. The molecule has 0 spiro atoms. The van der Waals surface area contributed by atoms with E-state index in [0.29, 0.717) is 58.2 Å². The highest BCUT2D eigenvalue weighted by Crippen LogP contribution is 2.32. The minimum Gasteiger partial charge on any atom is -0.412 e. The molecule has 0 aliphatic carbocycles. The van der Waals surface area contributed by atoms with Crippen molar-refractivity contribution < 1.29 is 35.7 Å². The molecule has 354 valence electrons. The Morgan fingerprint density at radius 1 is 0.662 bits per heavy atom. The molecule has 0 fully saturated rings. The summed E-state index contributed by atoms with van der Waals surface area (Å²) in [4.78, 5) is 6.93. The van der Waals surface area contributed by atoms with Gasteiger partial charge in [0.2, 0.25) is 0 Å². The van der Waals surface area contributed by atoms with Gasteiger partial charge in [-0.05, 0) is 138 Å². The lowest BCUT2D eigenvalue weighted by atomic mass is 10.1. The Morgan fingerprint density at radius 3 is 1.96 bits per heavy atom. The smallest absolute Gasteiger partial charge is 0.268 e. The minimum absolute atomic E-state index is 0. The van der Waals surface area contributed by atoms with Gasteiger partial charge in [0.25, 0.3) is 10.0 Å². The molecule has 4 aromatic heterocycles. The predicted octanol–water partition coefficient (Wildman–Crippen LogP) is 11.8. The highest BCUT2D eigenvalue weighted by atomic mass is 79.9. The van der Waals surface area contributed by atoms with Crippen molar-refractivity contribution >= 4 is 96.5 Å². The maximum absolute atomic E-state index is 14.0. The molecule has 1 atom stereocenters. The average Bonchev–Trinajstić information content (AvgIpc) is 4.12. The summed E-state index contributed by atoms with van der Waals surface area (Å²) in [6.07, 6.45) is 3.53. The lowest BCUT2D eigenvalue weighted by Gasteiger charge is -2.10. The first-order chi connectivity index (χ1) is 31.9. The first-order valence-corrected chi connectivity index (χ1v) is 24.7. The number of aryl methyl sites for hydroxylation is 4. The van der Waals surface area contributed by atoms with E-state index in [2.05, 4.69) is 41.8 Å². The summed E-state index contributed by atoms with van der Waals surface area (Å²) in [6, 6.07) is 34.3. The van der Waals surface area contributed by atoms with Crippen LogP contribution in [0.25, 0.3) is 43.6 Å². The Morgan fingerprint density at radius 2 is 1.29 bits per heavy atom. The van der Waals surface area contributed by atoms with Crippen molar-refractivity contribution in [1.29, 1.82) is 0 Å². The van der Waals surface area contributed by atoms with Crippen molar-refractivity contribution in [2.45, 2.75) is 50.6 Å². The third kappa shape index (κ3) is 10.6. The molecule has 1 unspecified atom stereocenters. The van der Waals surface area contributed by atoms with Crippen LogP contribution in [0.5, 0.6) is 0 Å². The summed E-state index contributed by atoms with van der Waals surface area (Å²) in [7, 11) is -5.13. The first kappa shape index (κ1) is 51.5. The van der Waals surface area contributed by atoms with Crippen LogP contribution in [0.2, 0.25) is 0 Å². The SMILES string of the molecule is Cc1c(F)c(Br)cc2ccn(S(=O)c3ccccc3)c12.Cc1c(F)c(CN)cc2cc[nH]c12.Cc1cc2cc(Br)c(F)cc2n1S(=O)(=O)c1ccccc1.Cc1cc2cc(CN)c(F)cc2[nH]1.O. The van der Waals surface area contributed by atoms with Crippen molar-refractivity contribution in [2.75, 3.05) is 0 Å². The third-order valence-electron chi connectivity index (χ3n) is 10.9. The summed E-state index contributed by atoms with van der Waals surface area (Å²) in [5.41, 5.74) is 17.3. The summed E-state index contributed by atoms with van der Waals surface area (Å²) in [6.45, 7) is 7.57. The number of hydrogen-bond acceptors (Lipinski definition) is 5. The number of rotatable bonds is 6. The quantitative estimate of drug-likeness (QED) is 0.121. The number of halogens is 6. The largest absolute Gasteiger partial charge is 0.412 e. The summed E-state index contributed by atoms with van der Waals surface area (Å²) in [5, 5.41) is 3.55. The van der Waals surface area contributed by atoms with Gasteiger partial charge in [-0.3, -0.25) is 3.97 Å². The first-order valence-electron chi connectivity index (χ1n) is 20.6. The molecule has 18 heteroatoms. The lowest BCUT2D eigenvalue weighted by Crippen LogP contribution is -2.14. The van der Waals surface area contributed by atoms with E-state index in [1.807, 2.05) is 43.3 Å². The molecule has 8 N–H and O–H groups in total. The number of aromatic amines is 2. The van der Waals surface area contributed by atoms with Gasteiger partial charge in [-0.2, -0.15) is 0 Å². The summed E-state index contributed by atoms with van der Waals surface area (Å²) >= 11 is 6.31. The number of nitrogens with two attached hydrogens (primary N) is 2.